The lowest BCUT2D eigenvalue weighted by Gasteiger charge is -2.20. The molecule has 0 saturated carbocycles. The van der Waals surface area contributed by atoms with E-state index in [1.807, 2.05) is 26.0 Å². The number of carbonyl (C=O) groups is 1. The standard InChI is InChI=1S/C11H15ClN2O/c1-3-14(11(15)7-13)9-5-4-8(2)10(12)6-9/h4-6H,3,7,13H2,1-2H3. The van der Waals surface area contributed by atoms with E-state index in [1.165, 1.54) is 0 Å². The van der Waals surface area contributed by atoms with E-state index in [0.29, 0.717) is 11.6 Å². The molecule has 0 aliphatic heterocycles. The summed E-state index contributed by atoms with van der Waals surface area (Å²) in [7, 11) is 0. The predicted molar refractivity (Wildman–Crippen MR) is 63.3 cm³/mol. The molecule has 0 fully saturated rings. The van der Waals surface area contributed by atoms with Gasteiger partial charge in [0.2, 0.25) is 5.91 Å². The van der Waals surface area contributed by atoms with E-state index in [-0.39, 0.29) is 12.5 Å². The van der Waals surface area contributed by atoms with Gasteiger partial charge < -0.3 is 10.6 Å². The molecular weight excluding hydrogens is 212 g/mol. The molecule has 3 nitrogen and oxygen atoms in total. The lowest BCUT2D eigenvalue weighted by molar-refractivity contribution is -0.117. The SMILES string of the molecule is CCN(C(=O)CN)c1ccc(C)c(Cl)c1. The Morgan fingerprint density at radius 2 is 2.20 bits per heavy atom. The lowest BCUT2D eigenvalue weighted by atomic mass is 10.2. The molecule has 0 aliphatic rings. The van der Waals surface area contributed by atoms with E-state index in [2.05, 4.69) is 0 Å². The molecule has 15 heavy (non-hydrogen) atoms. The fourth-order valence-corrected chi connectivity index (χ4v) is 1.54. The molecule has 0 spiro atoms. The van der Waals surface area contributed by atoms with Crippen molar-refractivity contribution in [3.8, 4) is 0 Å². The first-order valence-electron chi connectivity index (χ1n) is 4.86. The van der Waals surface area contributed by atoms with Crippen LogP contribution in [0, 0.1) is 6.92 Å². The number of nitrogens with zero attached hydrogens (tertiary/aromatic N) is 1. The molecule has 0 atom stereocenters. The van der Waals surface area contributed by atoms with Gasteiger partial charge >= 0.3 is 0 Å². The quantitative estimate of drug-likeness (QED) is 0.857. The van der Waals surface area contributed by atoms with E-state index in [0.717, 1.165) is 11.3 Å². The zero-order valence-corrected chi connectivity index (χ0v) is 9.71. The third-order valence-corrected chi connectivity index (χ3v) is 2.67. The molecule has 1 amide bonds. The van der Waals surface area contributed by atoms with Gasteiger partial charge in [-0.2, -0.15) is 0 Å². The largest absolute Gasteiger partial charge is 0.322 e. The molecule has 1 rings (SSSR count). The van der Waals surface area contributed by atoms with Crippen molar-refractivity contribution in [3.63, 3.8) is 0 Å². The maximum atomic E-state index is 11.5. The van der Waals surface area contributed by atoms with Crippen LogP contribution in [0.4, 0.5) is 5.69 Å². The minimum Gasteiger partial charge on any atom is -0.322 e. The zero-order valence-electron chi connectivity index (χ0n) is 8.96. The lowest BCUT2D eigenvalue weighted by Crippen LogP contribution is -2.35. The molecular formula is C11H15ClN2O. The molecule has 1 aromatic carbocycles. The molecule has 0 saturated heterocycles. The van der Waals surface area contributed by atoms with Crippen molar-refractivity contribution in [1.82, 2.24) is 0 Å². The highest BCUT2D eigenvalue weighted by Crippen LogP contribution is 2.22. The molecule has 1 aromatic rings. The van der Waals surface area contributed by atoms with Crippen molar-refractivity contribution in [1.29, 1.82) is 0 Å². The summed E-state index contributed by atoms with van der Waals surface area (Å²) < 4.78 is 0. The number of likely N-dealkylation sites (N-methyl/N-ethyl adjacent to an activating group) is 1. The van der Waals surface area contributed by atoms with Crippen molar-refractivity contribution in [2.45, 2.75) is 13.8 Å². The number of rotatable bonds is 3. The van der Waals surface area contributed by atoms with Crippen LogP contribution in [0.1, 0.15) is 12.5 Å². The Bertz CT molecular complexity index is 366. The van der Waals surface area contributed by atoms with Crippen LogP contribution >= 0.6 is 11.6 Å². The Kier molecular flexibility index (Phi) is 4.12. The highest BCUT2D eigenvalue weighted by atomic mass is 35.5. The Hall–Kier alpha value is -1.06. The molecule has 4 heteroatoms. The van der Waals surface area contributed by atoms with Crippen molar-refractivity contribution in [2.24, 2.45) is 5.73 Å². The Morgan fingerprint density at radius 1 is 1.53 bits per heavy atom. The van der Waals surface area contributed by atoms with Crippen molar-refractivity contribution in [3.05, 3.63) is 28.8 Å². The van der Waals surface area contributed by atoms with Gasteiger partial charge in [0.15, 0.2) is 0 Å². The van der Waals surface area contributed by atoms with Crippen LogP contribution in [0.5, 0.6) is 0 Å². The summed E-state index contributed by atoms with van der Waals surface area (Å²) >= 11 is 5.99. The minimum atomic E-state index is -0.0996. The van der Waals surface area contributed by atoms with Crippen LogP contribution in [-0.4, -0.2) is 19.0 Å². The normalized spacial score (nSPS) is 10.1. The van der Waals surface area contributed by atoms with Crippen LogP contribution in [0.2, 0.25) is 5.02 Å². The van der Waals surface area contributed by atoms with Gasteiger partial charge in [-0.25, -0.2) is 0 Å². The average molecular weight is 227 g/mol. The third kappa shape index (κ3) is 2.70. The number of halogens is 1. The van der Waals surface area contributed by atoms with Gasteiger partial charge in [-0.15, -0.1) is 0 Å². The molecule has 0 heterocycles. The number of anilines is 1. The Balaban J connectivity index is 3.02. The van der Waals surface area contributed by atoms with Gasteiger partial charge in [0.25, 0.3) is 0 Å². The number of benzene rings is 1. The van der Waals surface area contributed by atoms with E-state index < -0.39 is 0 Å². The minimum absolute atomic E-state index is 0.0132. The van der Waals surface area contributed by atoms with Crippen molar-refractivity contribution in [2.75, 3.05) is 18.0 Å². The van der Waals surface area contributed by atoms with Crippen molar-refractivity contribution < 1.29 is 4.79 Å². The first-order valence-corrected chi connectivity index (χ1v) is 5.24. The van der Waals surface area contributed by atoms with E-state index in [9.17, 15) is 4.79 Å². The first kappa shape index (κ1) is 12.0. The van der Waals surface area contributed by atoms with Crippen LogP contribution < -0.4 is 10.6 Å². The van der Waals surface area contributed by atoms with Crippen LogP contribution in [0.15, 0.2) is 18.2 Å². The molecule has 2 N–H and O–H groups in total. The monoisotopic (exact) mass is 226 g/mol. The molecule has 0 unspecified atom stereocenters. The topological polar surface area (TPSA) is 46.3 Å². The molecule has 0 bridgehead atoms. The number of carbonyl (C=O) groups excluding carboxylic acids is 1. The Labute approximate surface area is 94.8 Å². The summed E-state index contributed by atoms with van der Waals surface area (Å²) in [6, 6.07) is 5.55. The summed E-state index contributed by atoms with van der Waals surface area (Å²) in [6.45, 7) is 4.43. The van der Waals surface area contributed by atoms with Crippen LogP contribution in [0.3, 0.4) is 0 Å². The highest BCUT2D eigenvalue weighted by molar-refractivity contribution is 6.31. The van der Waals surface area contributed by atoms with Gasteiger partial charge in [0, 0.05) is 17.3 Å². The van der Waals surface area contributed by atoms with Crippen LogP contribution in [-0.2, 0) is 4.79 Å². The number of amides is 1. The predicted octanol–water partition coefficient (Wildman–Crippen LogP) is 1.96. The van der Waals surface area contributed by atoms with Gasteiger partial charge in [-0.05, 0) is 31.5 Å². The summed E-state index contributed by atoms with van der Waals surface area (Å²) in [6.07, 6.45) is 0. The Morgan fingerprint density at radius 3 is 2.67 bits per heavy atom. The second-order valence-corrected chi connectivity index (χ2v) is 3.68. The zero-order chi connectivity index (χ0) is 11.4. The molecule has 82 valence electrons. The number of hydrogen-bond donors (Lipinski definition) is 1. The second-order valence-electron chi connectivity index (χ2n) is 3.28. The fourth-order valence-electron chi connectivity index (χ4n) is 1.36. The van der Waals surface area contributed by atoms with E-state index in [4.69, 9.17) is 17.3 Å². The smallest absolute Gasteiger partial charge is 0.240 e. The molecule has 0 aromatic heterocycles. The number of nitrogens with two attached hydrogens (primary N) is 1. The van der Waals surface area contributed by atoms with E-state index in [1.54, 1.807) is 11.0 Å². The number of aryl methyl sites for hydroxylation is 1. The highest BCUT2D eigenvalue weighted by Gasteiger charge is 2.12. The fraction of sp³-hybridized carbons (Fsp3) is 0.364. The van der Waals surface area contributed by atoms with Crippen LogP contribution in [0.25, 0.3) is 0 Å². The van der Waals surface area contributed by atoms with E-state index >= 15 is 0 Å². The maximum absolute atomic E-state index is 11.5. The first-order chi connectivity index (χ1) is 7.10. The number of hydrogen-bond acceptors (Lipinski definition) is 2. The van der Waals surface area contributed by atoms with Gasteiger partial charge in [0.05, 0.1) is 6.54 Å². The maximum Gasteiger partial charge on any atom is 0.240 e. The second kappa shape index (κ2) is 5.14. The summed E-state index contributed by atoms with van der Waals surface area (Å²) in [5.41, 5.74) is 7.12. The molecule has 0 radical (unpaired) electrons. The molecule has 0 aliphatic carbocycles. The summed E-state index contributed by atoms with van der Waals surface area (Å²) in [5.74, 6) is -0.0996. The van der Waals surface area contributed by atoms with Gasteiger partial charge in [-0.3, -0.25) is 4.79 Å². The van der Waals surface area contributed by atoms with Gasteiger partial charge in [-0.1, -0.05) is 17.7 Å². The average Bonchev–Trinajstić information content (AvgIpc) is 2.24. The van der Waals surface area contributed by atoms with Crippen molar-refractivity contribution >= 4 is 23.2 Å². The third-order valence-electron chi connectivity index (χ3n) is 2.26. The van der Waals surface area contributed by atoms with Gasteiger partial charge in [0.1, 0.15) is 0 Å². The summed E-state index contributed by atoms with van der Waals surface area (Å²) in [4.78, 5) is 13.1. The summed E-state index contributed by atoms with van der Waals surface area (Å²) in [5, 5.41) is 0.663.